The van der Waals surface area contributed by atoms with E-state index in [0.717, 1.165) is 0 Å². The molecule has 2 unspecified atom stereocenters. The summed E-state index contributed by atoms with van der Waals surface area (Å²) in [6, 6.07) is 0. The smallest absolute Gasteiger partial charge is 0.269 e. The standard InChI is InChI=1S/C10H16O7/c1-4(2)6(13)8(15)10(17)9(16)7(14)5(12)3-11/h4-6,8,11-13,15H,3H2,1-2H3/t5-,6?,8?/m1/s1. The molecule has 0 aliphatic rings. The molecule has 0 fully saturated rings. The van der Waals surface area contributed by atoms with Crippen molar-refractivity contribution in [3.05, 3.63) is 0 Å². The maximum Gasteiger partial charge on any atom is 0.269 e. The lowest BCUT2D eigenvalue weighted by atomic mass is 9.95. The Morgan fingerprint density at radius 2 is 1.47 bits per heavy atom. The Morgan fingerprint density at radius 3 is 1.82 bits per heavy atom. The molecular weight excluding hydrogens is 232 g/mol. The Kier molecular flexibility index (Phi) is 6.11. The lowest BCUT2D eigenvalue weighted by molar-refractivity contribution is -0.153. The van der Waals surface area contributed by atoms with E-state index in [1.54, 1.807) is 0 Å². The summed E-state index contributed by atoms with van der Waals surface area (Å²) < 4.78 is 0. The number of hydrogen-bond donors (Lipinski definition) is 4. The molecule has 7 heteroatoms. The first-order valence-electron chi connectivity index (χ1n) is 5.01. The number of aliphatic hydroxyl groups is 4. The molecule has 0 radical (unpaired) electrons. The van der Waals surface area contributed by atoms with Gasteiger partial charge in [-0.25, -0.2) is 0 Å². The van der Waals surface area contributed by atoms with Gasteiger partial charge in [-0.3, -0.25) is 14.4 Å². The van der Waals surface area contributed by atoms with Crippen molar-refractivity contribution < 1.29 is 34.8 Å². The van der Waals surface area contributed by atoms with Crippen molar-refractivity contribution in [1.82, 2.24) is 0 Å². The molecule has 17 heavy (non-hydrogen) atoms. The Morgan fingerprint density at radius 1 is 1.00 bits per heavy atom. The van der Waals surface area contributed by atoms with Gasteiger partial charge in [0.2, 0.25) is 11.6 Å². The maximum atomic E-state index is 11.3. The number of ketones is 3. The quantitative estimate of drug-likeness (QED) is 0.287. The van der Waals surface area contributed by atoms with Gasteiger partial charge < -0.3 is 20.4 Å². The van der Waals surface area contributed by atoms with Gasteiger partial charge in [-0.05, 0) is 5.92 Å². The first kappa shape index (κ1) is 15.9. The third kappa shape index (κ3) is 3.97. The van der Waals surface area contributed by atoms with Gasteiger partial charge >= 0.3 is 0 Å². The average molecular weight is 248 g/mol. The molecule has 7 nitrogen and oxygen atoms in total. The molecule has 0 saturated carbocycles. The van der Waals surface area contributed by atoms with Crippen LogP contribution in [0.2, 0.25) is 0 Å². The van der Waals surface area contributed by atoms with Gasteiger partial charge in [0, 0.05) is 0 Å². The first-order chi connectivity index (χ1) is 7.73. The molecule has 0 heterocycles. The van der Waals surface area contributed by atoms with E-state index >= 15 is 0 Å². The van der Waals surface area contributed by atoms with Crippen LogP contribution in [0.3, 0.4) is 0 Å². The van der Waals surface area contributed by atoms with Crippen molar-refractivity contribution in [2.75, 3.05) is 6.61 Å². The van der Waals surface area contributed by atoms with Crippen LogP contribution in [-0.2, 0) is 14.4 Å². The largest absolute Gasteiger partial charge is 0.393 e. The second kappa shape index (κ2) is 6.55. The van der Waals surface area contributed by atoms with Crippen molar-refractivity contribution in [2.45, 2.75) is 32.2 Å². The van der Waals surface area contributed by atoms with Gasteiger partial charge in [0.15, 0.2) is 0 Å². The van der Waals surface area contributed by atoms with Gasteiger partial charge in [0.05, 0.1) is 12.7 Å². The SMILES string of the molecule is CC(C)C(O)C(O)C(=O)C(=O)C(=O)[C@H](O)CO. The molecule has 0 spiro atoms. The number of carbonyl (C=O) groups excluding carboxylic acids is 3. The normalized spacial score (nSPS) is 16.4. The third-order valence-electron chi connectivity index (χ3n) is 2.20. The minimum absolute atomic E-state index is 0.486. The van der Waals surface area contributed by atoms with E-state index in [4.69, 9.17) is 10.2 Å². The Bertz CT molecular complexity index is 310. The van der Waals surface area contributed by atoms with Crippen LogP contribution in [0.25, 0.3) is 0 Å². The summed E-state index contributed by atoms with van der Waals surface area (Å²) >= 11 is 0. The Balaban J connectivity index is 4.72. The zero-order valence-corrected chi connectivity index (χ0v) is 9.53. The van der Waals surface area contributed by atoms with E-state index in [9.17, 15) is 24.6 Å². The van der Waals surface area contributed by atoms with E-state index in [0.29, 0.717) is 0 Å². The first-order valence-corrected chi connectivity index (χ1v) is 5.01. The van der Waals surface area contributed by atoms with Crippen LogP contribution in [0.4, 0.5) is 0 Å². The van der Waals surface area contributed by atoms with Crippen molar-refractivity contribution in [3.63, 3.8) is 0 Å². The summed E-state index contributed by atoms with van der Waals surface area (Å²) in [5, 5.41) is 35.9. The highest BCUT2D eigenvalue weighted by molar-refractivity contribution is 6.65. The zero-order chi connectivity index (χ0) is 13.7. The maximum absolute atomic E-state index is 11.3. The van der Waals surface area contributed by atoms with Crippen LogP contribution in [0.15, 0.2) is 0 Å². The van der Waals surface area contributed by atoms with Crippen LogP contribution in [0.5, 0.6) is 0 Å². The second-order valence-electron chi connectivity index (χ2n) is 3.94. The molecule has 98 valence electrons. The second-order valence-corrected chi connectivity index (χ2v) is 3.94. The van der Waals surface area contributed by atoms with E-state index in [2.05, 4.69) is 0 Å². The minimum atomic E-state index is -2.02. The van der Waals surface area contributed by atoms with Crippen molar-refractivity contribution in [2.24, 2.45) is 5.92 Å². The van der Waals surface area contributed by atoms with Crippen LogP contribution in [0.1, 0.15) is 13.8 Å². The average Bonchev–Trinajstić information content (AvgIpc) is 2.32. The summed E-state index contributed by atoms with van der Waals surface area (Å²) in [6.07, 6.45) is -5.49. The molecule has 0 bridgehead atoms. The van der Waals surface area contributed by atoms with Gasteiger partial charge in [-0.1, -0.05) is 13.8 Å². The van der Waals surface area contributed by atoms with E-state index in [1.807, 2.05) is 0 Å². The van der Waals surface area contributed by atoms with Gasteiger partial charge in [0.1, 0.15) is 12.2 Å². The lowest BCUT2D eigenvalue weighted by Crippen LogP contribution is -2.46. The highest BCUT2D eigenvalue weighted by Gasteiger charge is 2.36. The van der Waals surface area contributed by atoms with E-state index in [-0.39, 0.29) is 0 Å². The molecule has 0 aliphatic carbocycles. The summed E-state index contributed by atoms with van der Waals surface area (Å²) in [4.78, 5) is 33.5. The van der Waals surface area contributed by atoms with Gasteiger partial charge in [-0.15, -0.1) is 0 Å². The summed E-state index contributed by atoms with van der Waals surface area (Å²) in [5.41, 5.74) is 0. The summed E-state index contributed by atoms with van der Waals surface area (Å²) in [7, 11) is 0. The number of Topliss-reactive ketones (excluding diaryl/α,β-unsaturated/α-hetero) is 3. The molecule has 0 rings (SSSR count). The van der Waals surface area contributed by atoms with Gasteiger partial charge in [-0.2, -0.15) is 0 Å². The fraction of sp³-hybridized carbons (Fsp3) is 0.700. The lowest BCUT2D eigenvalue weighted by Gasteiger charge is -2.19. The van der Waals surface area contributed by atoms with Crippen LogP contribution >= 0.6 is 0 Å². The van der Waals surface area contributed by atoms with Crippen molar-refractivity contribution in [3.8, 4) is 0 Å². The Labute approximate surface area is 97.7 Å². The molecule has 0 saturated heterocycles. The molecule has 3 atom stereocenters. The molecule has 0 aromatic carbocycles. The van der Waals surface area contributed by atoms with Crippen LogP contribution < -0.4 is 0 Å². The minimum Gasteiger partial charge on any atom is -0.393 e. The molecule has 0 aromatic heterocycles. The highest BCUT2D eigenvalue weighted by Crippen LogP contribution is 2.08. The van der Waals surface area contributed by atoms with E-state index in [1.165, 1.54) is 13.8 Å². The number of rotatable bonds is 7. The summed E-state index contributed by atoms with van der Waals surface area (Å²) in [5.74, 6) is -5.13. The predicted octanol–water partition coefficient (Wildman–Crippen LogP) is -2.58. The fourth-order valence-corrected chi connectivity index (χ4v) is 1.01. The van der Waals surface area contributed by atoms with Crippen LogP contribution in [0, 0.1) is 5.92 Å². The number of hydrogen-bond acceptors (Lipinski definition) is 7. The molecule has 0 aromatic rings. The zero-order valence-electron chi connectivity index (χ0n) is 9.53. The molecular formula is C10H16O7. The summed E-state index contributed by atoms with van der Waals surface area (Å²) in [6.45, 7) is 2.02. The highest BCUT2D eigenvalue weighted by atomic mass is 16.3. The number of aliphatic hydroxyl groups excluding tert-OH is 4. The molecule has 4 N–H and O–H groups in total. The van der Waals surface area contributed by atoms with Gasteiger partial charge in [0.25, 0.3) is 5.78 Å². The van der Waals surface area contributed by atoms with E-state index < -0.39 is 48.2 Å². The molecule has 0 amide bonds. The predicted molar refractivity (Wildman–Crippen MR) is 55.0 cm³/mol. The van der Waals surface area contributed by atoms with Crippen LogP contribution in [-0.4, -0.2) is 62.7 Å². The van der Waals surface area contributed by atoms with Crippen molar-refractivity contribution in [1.29, 1.82) is 0 Å². The monoisotopic (exact) mass is 248 g/mol. The number of carbonyl (C=O) groups is 3. The third-order valence-corrected chi connectivity index (χ3v) is 2.20. The Hall–Kier alpha value is -1.15. The fourth-order valence-electron chi connectivity index (χ4n) is 1.01. The van der Waals surface area contributed by atoms with Crippen molar-refractivity contribution >= 4 is 17.3 Å². The molecule has 0 aliphatic heterocycles. The topological polar surface area (TPSA) is 132 Å².